The predicted octanol–water partition coefficient (Wildman–Crippen LogP) is 1.51. The first-order chi connectivity index (χ1) is 4.83. The van der Waals surface area contributed by atoms with Crippen molar-refractivity contribution in [1.29, 1.82) is 0 Å². The third-order valence-corrected chi connectivity index (χ3v) is 0.985. The molecule has 0 fully saturated rings. The summed E-state index contributed by atoms with van der Waals surface area (Å²) in [6.07, 6.45) is 5.70. The first-order valence-corrected chi connectivity index (χ1v) is 2.72. The van der Waals surface area contributed by atoms with Crippen molar-refractivity contribution in [3.63, 3.8) is 0 Å². The Bertz CT molecular complexity index is 226. The number of allylic oxidation sites excluding steroid dienone is 2. The molecule has 0 aromatic carbocycles. The van der Waals surface area contributed by atoms with E-state index in [9.17, 15) is 0 Å². The van der Waals surface area contributed by atoms with Crippen LogP contribution in [0.2, 0.25) is 0 Å². The van der Waals surface area contributed by atoms with Crippen LogP contribution in [-0.4, -0.2) is 11.8 Å². The summed E-state index contributed by atoms with van der Waals surface area (Å²) in [5, 5.41) is 8.86. The van der Waals surface area contributed by atoms with Gasteiger partial charge in [0, 0.05) is 0 Å². The average Bonchev–Trinajstić information content (AvgIpc) is 2.14. The Hall–Kier alpha value is -1.51. The Morgan fingerprint density at radius 1 is 1.40 bits per heavy atom. The van der Waals surface area contributed by atoms with Gasteiger partial charge >= 0.3 is 0 Å². The van der Waals surface area contributed by atoms with Crippen LogP contribution in [0.4, 0.5) is 0 Å². The lowest BCUT2D eigenvalue weighted by Crippen LogP contribution is -1.71. The molecule has 0 bridgehead atoms. The highest BCUT2D eigenvalue weighted by atomic mass is 16.5. The third-order valence-electron chi connectivity index (χ3n) is 0.985. The zero-order valence-corrected chi connectivity index (χ0v) is 5.32. The van der Waals surface area contributed by atoms with Crippen LogP contribution in [-0.2, 0) is 4.74 Å². The van der Waals surface area contributed by atoms with Crippen LogP contribution in [0.1, 0.15) is 0 Å². The highest BCUT2D eigenvalue weighted by molar-refractivity contribution is 5.34. The molecule has 0 atom stereocenters. The van der Waals surface area contributed by atoms with Crippen LogP contribution in [0, 0.1) is 0 Å². The second-order valence-electron chi connectivity index (χ2n) is 1.71. The Morgan fingerprint density at radius 2 is 2.20 bits per heavy atom. The molecule has 1 N–H and O–H groups in total. The molecule has 3 heteroatoms. The van der Waals surface area contributed by atoms with E-state index in [1.165, 1.54) is 18.6 Å². The number of hydrogen-bond acceptors (Lipinski definition) is 3. The molecule has 1 rings (SSSR count). The fourth-order valence-corrected chi connectivity index (χ4v) is 0.513. The first kappa shape index (κ1) is 6.61. The summed E-state index contributed by atoms with van der Waals surface area (Å²) in [4.78, 5) is 3.60. The van der Waals surface area contributed by atoms with Crippen LogP contribution in [0.5, 0.6) is 0 Å². The van der Waals surface area contributed by atoms with E-state index in [4.69, 9.17) is 9.84 Å². The van der Waals surface area contributed by atoms with Gasteiger partial charge in [0.05, 0.1) is 5.70 Å². The van der Waals surface area contributed by atoms with E-state index in [0.717, 1.165) is 0 Å². The Balaban J connectivity index is 2.78. The van der Waals surface area contributed by atoms with E-state index in [0.29, 0.717) is 5.70 Å². The van der Waals surface area contributed by atoms with Gasteiger partial charge in [-0.05, 0) is 18.9 Å². The highest BCUT2D eigenvalue weighted by Crippen LogP contribution is 2.06. The van der Waals surface area contributed by atoms with Crippen molar-refractivity contribution >= 4 is 6.72 Å². The van der Waals surface area contributed by atoms with Gasteiger partial charge in [-0.15, -0.1) is 0 Å². The van der Waals surface area contributed by atoms with Gasteiger partial charge in [0.1, 0.15) is 12.5 Å². The van der Waals surface area contributed by atoms with Gasteiger partial charge in [0.25, 0.3) is 0 Å². The van der Waals surface area contributed by atoms with Crippen LogP contribution in [0.25, 0.3) is 0 Å². The fourth-order valence-electron chi connectivity index (χ4n) is 0.513. The standard InChI is InChI=1S/C7H7NO2/c1-8-6-2-3-7(9)5-10-4-6/h2-5,9H,1H2. The lowest BCUT2D eigenvalue weighted by molar-refractivity contribution is 0.348. The molecule has 0 amide bonds. The summed E-state index contributed by atoms with van der Waals surface area (Å²) in [7, 11) is 0. The number of aliphatic hydroxyl groups is 1. The predicted molar refractivity (Wildman–Crippen MR) is 38.6 cm³/mol. The quantitative estimate of drug-likeness (QED) is 0.556. The SMILES string of the molecule is C=NC1=COC=C(O)C=C1. The van der Waals surface area contributed by atoms with Crippen molar-refractivity contribution in [2.24, 2.45) is 4.99 Å². The van der Waals surface area contributed by atoms with E-state index < -0.39 is 0 Å². The smallest absolute Gasteiger partial charge is 0.150 e. The number of ether oxygens (including phenoxy) is 1. The monoisotopic (exact) mass is 137 g/mol. The summed E-state index contributed by atoms with van der Waals surface area (Å²) in [5.41, 5.74) is 0.584. The maximum Gasteiger partial charge on any atom is 0.150 e. The number of hydrogen-bond donors (Lipinski definition) is 1. The van der Waals surface area contributed by atoms with Crippen molar-refractivity contribution in [2.45, 2.75) is 0 Å². The normalized spacial score (nSPS) is 16.4. The van der Waals surface area contributed by atoms with Gasteiger partial charge in [-0.25, -0.2) is 0 Å². The molecule has 0 unspecified atom stereocenters. The largest absolute Gasteiger partial charge is 0.505 e. The van der Waals surface area contributed by atoms with Crippen LogP contribution in [0.15, 0.2) is 41.1 Å². The Labute approximate surface area is 58.7 Å². The third kappa shape index (κ3) is 1.48. The van der Waals surface area contributed by atoms with Crippen LogP contribution < -0.4 is 0 Å². The molecule has 0 aliphatic carbocycles. The van der Waals surface area contributed by atoms with E-state index in [1.807, 2.05) is 0 Å². The van der Waals surface area contributed by atoms with Crippen LogP contribution in [0.3, 0.4) is 0 Å². The van der Waals surface area contributed by atoms with Crippen molar-refractivity contribution in [3.05, 3.63) is 36.1 Å². The van der Waals surface area contributed by atoms with Gasteiger partial charge in [0.15, 0.2) is 5.76 Å². The molecule has 3 nitrogen and oxygen atoms in total. The lowest BCUT2D eigenvalue weighted by atomic mass is 10.4. The van der Waals surface area contributed by atoms with E-state index in [2.05, 4.69) is 11.7 Å². The van der Waals surface area contributed by atoms with Gasteiger partial charge in [-0.3, -0.25) is 4.99 Å². The number of aliphatic hydroxyl groups excluding tert-OH is 1. The second kappa shape index (κ2) is 2.87. The first-order valence-electron chi connectivity index (χ1n) is 2.72. The van der Waals surface area contributed by atoms with Crippen LogP contribution >= 0.6 is 0 Å². The summed E-state index contributed by atoms with van der Waals surface area (Å²) in [6, 6.07) is 0. The van der Waals surface area contributed by atoms with E-state index >= 15 is 0 Å². The minimum absolute atomic E-state index is 0.0647. The van der Waals surface area contributed by atoms with Crippen molar-refractivity contribution in [2.75, 3.05) is 0 Å². The maximum absolute atomic E-state index is 8.86. The molecule has 52 valence electrons. The van der Waals surface area contributed by atoms with Gasteiger partial charge in [0.2, 0.25) is 0 Å². The van der Waals surface area contributed by atoms with Gasteiger partial charge in [-0.2, -0.15) is 0 Å². The van der Waals surface area contributed by atoms with E-state index in [1.54, 1.807) is 6.08 Å². The summed E-state index contributed by atoms with van der Waals surface area (Å²) in [5.74, 6) is 0.0647. The number of aliphatic imine (C=N–C) groups is 1. The molecule has 0 spiro atoms. The average molecular weight is 137 g/mol. The maximum atomic E-state index is 8.86. The molecule has 0 aromatic rings. The molecule has 1 heterocycles. The Morgan fingerprint density at radius 3 is 2.90 bits per heavy atom. The highest BCUT2D eigenvalue weighted by Gasteiger charge is 1.93. The molecule has 0 aromatic heterocycles. The van der Waals surface area contributed by atoms with Crippen molar-refractivity contribution in [1.82, 2.24) is 0 Å². The molecular weight excluding hydrogens is 130 g/mol. The van der Waals surface area contributed by atoms with Gasteiger partial charge in [-0.1, -0.05) is 0 Å². The zero-order valence-electron chi connectivity index (χ0n) is 5.32. The Kier molecular flexibility index (Phi) is 1.89. The van der Waals surface area contributed by atoms with Gasteiger partial charge < -0.3 is 9.84 Å². The minimum atomic E-state index is 0.0647. The molecule has 10 heavy (non-hydrogen) atoms. The number of rotatable bonds is 1. The topological polar surface area (TPSA) is 41.8 Å². The molecule has 0 radical (unpaired) electrons. The van der Waals surface area contributed by atoms with E-state index in [-0.39, 0.29) is 5.76 Å². The number of nitrogens with zero attached hydrogens (tertiary/aromatic N) is 1. The van der Waals surface area contributed by atoms with Crippen molar-refractivity contribution in [3.8, 4) is 0 Å². The molecule has 0 saturated heterocycles. The second-order valence-corrected chi connectivity index (χ2v) is 1.71. The molecular formula is C7H7NO2. The molecule has 1 aliphatic rings. The zero-order chi connectivity index (χ0) is 7.40. The summed E-state index contributed by atoms with van der Waals surface area (Å²) >= 11 is 0. The van der Waals surface area contributed by atoms with Crippen molar-refractivity contribution < 1.29 is 9.84 Å². The minimum Gasteiger partial charge on any atom is -0.505 e. The molecule has 0 saturated carbocycles. The molecule has 1 aliphatic heterocycles. The lowest BCUT2D eigenvalue weighted by Gasteiger charge is -1.87. The summed E-state index contributed by atoms with van der Waals surface area (Å²) in [6.45, 7) is 3.30. The summed E-state index contributed by atoms with van der Waals surface area (Å²) < 4.78 is 4.74. The fraction of sp³-hybridized carbons (Fsp3) is 0.